The molecule has 58 valence electrons. The van der Waals surface area contributed by atoms with E-state index in [1.54, 1.807) is 0 Å². The molecule has 1 rings (SSSR count). The molecule has 11 heavy (non-hydrogen) atoms. The Kier molecular flexibility index (Phi) is 3.62. The van der Waals surface area contributed by atoms with Gasteiger partial charge >= 0.3 is 76.8 Å². The Morgan fingerprint density at radius 1 is 1.45 bits per heavy atom. The molecule has 0 N–H and O–H groups in total. The van der Waals surface area contributed by atoms with Crippen LogP contribution >= 0.6 is 0 Å². The fourth-order valence-corrected chi connectivity index (χ4v) is 3.06. The van der Waals surface area contributed by atoms with Crippen molar-refractivity contribution in [1.29, 1.82) is 0 Å². The van der Waals surface area contributed by atoms with Crippen molar-refractivity contribution < 1.29 is 4.79 Å². The van der Waals surface area contributed by atoms with Crippen molar-refractivity contribution >= 4 is 30.8 Å². The average molecular weight is 262 g/mol. The Morgan fingerprint density at radius 2 is 2.18 bits per heavy atom. The summed E-state index contributed by atoms with van der Waals surface area (Å²) in [6, 6.07) is 7.87. The molecule has 0 atom stereocenters. The Morgan fingerprint density at radius 3 is 2.82 bits per heavy atom. The van der Waals surface area contributed by atoms with E-state index in [0.717, 1.165) is 11.8 Å². The Balaban J connectivity index is 2.92. The van der Waals surface area contributed by atoms with E-state index < -0.39 is 0 Å². The molecule has 0 saturated carbocycles. The fourth-order valence-electron chi connectivity index (χ4n) is 0.865. The van der Waals surface area contributed by atoms with Gasteiger partial charge in [0.05, 0.1) is 0 Å². The van der Waals surface area contributed by atoms with Crippen LogP contribution in [0.4, 0.5) is 0 Å². The number of aldehydes is 1. The van der Waals surface area contributed by atoms with E-state index in [2.05, 4.69) is 13.0 Å². The van der Waals surface area contributed by atoms with E-state index in [9.17, 15) is 4.79 Å². The number of hydrogen-bond acceptors (Lipinski definition) is 1. The normalized spacial score (nSPS) is 9.55. The third kappa shape index (κ3) is 2.32. The molecule has 0 aromatic heterocycles. The maximum atomic E-state index is 10.5. The van der Waals surface area contributed by atoms with Crippen LogP contribution in [0.5, 0.6) is 0 Å². The predicted molar refractivity (Wildman–Crippen MR) is 47.7 cm³/mol. The van der Waals surface area contributed by atoms with Gasteiger partial charge in [0.15, 0.2) is 0 Å². The summed E-state index contributed by atoms with van der Waals surface area (Å²) in [5, 5.41) is 0. The van der Waals surface area contributed by atoms with Crippen LogP contribution in [-0.2, 0) is 0 Å². The van der Waals surface area contributed by atoms with Crippen LogP contribution in [0.2, 0.25) is 4.47 Å². The minimum absolute atomic E-state index is 0.0975. The first kappa shape index (κ1) is 8.77. The molecule has 1 nitrogen and oxygen atoms in total. The summed E-state index contributed by atoms with van der Waals surface area (Å²) in [7, 11) is 0. The molecule has 0 radical (unpaired) electrons. The van der Waals surface area contributed by atoms with E-state index >= 15 is 0 Å². The summed E-state index contributed by atoms with van der Waals surface area (Å²) >= 11 is -0.0975. The van der Waals surface area contributed by atoms with Crippen LogP contribution in [0.25, 0.3) is 0 Å². The van der Waals surface area contributed by atoms with E-state index in [0.29, 0.717) is 0 Å². The summed E-state index contributed by atoms with van der Waals surface area (Å²) in [5.41, 5.74) is 0.886. The van der Waals surface area contributed by atoms with Crippen molar-refractivity contribution in [3.05, 3.63) is 29.8 Å². The Hall–Kier alpha value is -0.320. The van der Waals surface area contributed by atoms with Gasteiger partial charge < -0.3 is 0 Å². The quantitative estimate of drug-likeness (QED) is 0.592. The number of rotatable bonds is 3. The van der Waals surface area contributed by atoms with Crippen LogP contribution in [0.15, 0.2) is 24.3 Å². The Labute approximate surface area is 76.9 Å². The number of benzene rings is 1. The summed E-state index contributed by atoms with van der Waals surface area (Å²) in [6.07, 6.45) is 0.954. The first-order valence-electron chi connectivity index (χ1n) is 3.55. The van der Waals surface area contributed by atoms with Crippen molar-refractivity contribution in [2.45, 2.75) is 11.4 Å². The van der Waals surface area contributed by atoms with Gasteiger partial charge in [-0.2, -0.15) is 0 Å². The second kappa shape index (κ2) is 4.54. The summed E-state index contributed by atoms with van der Waals surface area (Å²) in [4.78, 5) is 10.5. The van der Waals surface area contributed by atoms with Gasteiger partial charge in [0.2, 0.25) is 0 Å². The third-order valence-electron chi connectivity index (χ3n) is 1.35. The molecule has 0 aliphatic carbocycles. The van der Waals surface area contributed by atoms with E-state index in [1.165, 1.54) is 8.08 Å². The molecule has 0 aliphatic heterocycles. The van der Waals surface area contributed by atoms with Crippen LogP contribution < -0.4 is 3.61 Å². The molecule has 2 heteroatoms. The Bertz CT molecular complexity index is 245. The zero-order valence-electron chi connectivity index (χ0n) is 6.41. The molecular weight excluding hydrogens is 252 g/mol. The molecule has 0 aliphatic rings. The number of carbonyl (C=O) groups excluding carboxylic acids is 1. The molecule has 1 aromatic carbocycles. The molecule has 0 unspecified atom stereocenters. The van der Waals surface area contributed by atoms with Crippen LogP contribution in [0.3, 0.4) is 0 Å². The summed E-state index contributed by atoms with van der Waals surface area (Å²) in [5.74, 6) is 0. The molecule has 1 aromatic rings. The van der Waals surface area contributed by atoms with Crippen LogP contribution in [-0.4, -0.2) is 27.2 Å². The first-order valence-corrected chi connectivity index (χ1v) is 6.36. The topological polar surface area (TPSA) is 17.1 Å². The molecule has 0 amide bonds. The number of hydrogen-bond donors (Lipinski definition) is 0. The number of carbonyl (C=O) groups is 1. The maximum absolute atomic E-state index is 10.5. The van der Waals surface area contributed by atoms with Crippen molar-refractivity contribution in [3.63, 3.8) is 0 Å². The average Bonchev–Trinajstić information content (AvgIpc) is 2.06. The van der Waals surface area contributed by atoms with E-state index in [1.807, 2.05) is 18.2 Å². The van der Waals surface area contributed by atoms with Crippen molar-refractivity contribution in [3.8, 4) is 0 Å². The van der Waals surface area contributed by atoms with Gasteiger partial charge in [-0.25, -0.2) is 0 Å². The molecule has 0 spiro atoms. The van der Waals surface area contributed by atoms with Gasteiger partial charge in [-0.1, -0.05) is 0 Å². The first-order chi connectivity index (χ1) is 5.38. The second-order valence-electron chi connectivity index (χ2n) is 2.09. The van der Waals surface area contributed by atoms with Crippen molar-refractivity contribution in [2.75, 3.05) is 0 Å². The SMILES string of the molecule is CC[Te]c1ccccc1C=O. The van der Waals surface area contributed by atoms with Gasteiger partial charge in [0, 0.05) is 0 Å². The van der Waals surface area contributed by atoms with Gasteiger partial charge in [-0.15, -0.1) is 0 Å². The van der Waals surface area contributed by atoms with Crippen molar-refractivity contribution in [1.82, 2.24) is 0 Å². The third-order valence-corrected chi connectivity index (χ3v) is 4.12. The summed E-state index contributed by atoms with van der Waals surface area (Å²) in [6.45, 7) is 2.17. The van der Waals surface area contributed by atoms with E-state index in [-0.39, 0.29) is 20.9 Å². The van der Waals surface area contributed by atoms with Crippen LogP contribution in [0.1, 0.15) is 17.3 Å². The fraction of sp³-hybridized carbons (Fsp3) is 0.222. The molecular formula is C9H10OTe. The van der Waals surface area contributed by atoms with Gasteiger partial charge in [-0.05, 0) is 0 Å². The zero-order valence-corrected chi connectivity index (χ0v) is 8.74. The van der Waals surface area contributed by atoms with E-state index in [4.69, 9.17) is 0 Å². The van der Waals surface area contributed by atoms with Crippen LogP contribution in [0, 0.1) is 0 Å². The van der Waals surface area contributed by atoms with Gasteiger partial charge in [0.1, 0.15) is 0 Å². The molecule has 0 saturated heterocycles. The summed E-state index contributed by atoms with van der Waals surface area (Å²) < 4.78 is 2.51. The molecule has 0 bridgehead atoms. The standard InChI is InChI=1S/C9H10OTe/c1-2-11-9-6-4-3-5-8(9)7-10/h3-7H,2H2,1H3. The zero-order chi connectivity index (χ0) is 8.10. The van der Waals surface area contributed by atoms with Crippen molar-refractivity contribution in [2.24, 2.45) is 0 Å². The monoisotopic (exact) mass is 264 g/mol. The molecule has 0 fully saturated rings. The van der Waals surface area contributed by atoms with Gasteiger partial charge in [0.25, 0.3) is 0 Å². The minimum atomic E-state index is -0.0975. The second-order valence-corrected chi connectivity index (χ2v) is 5.82. The van der Waals surface area contributed by atoms with Gasteiger partial charge in [-0.3, -0.25) is 0 Å². The predicted octanol–water partition coefficient (Wildman–Crippen LogP) is 1.27. The molecule has 0 heterocycles.